The van der Waals surface area contributed by atoms with E-state index in [2.05, 4.69) is 12.6 Å². The average Bonchev–Trinajstić information content (AvgIpc) is 2.10. The van der Waals surface area contributed by atoms with E-state index in [0.717, 1.165) is 5.76 Å². The lowest BCUT2D eigenvalue weighted by Gasteiger charge is -2.11. The van der Waals surface area contributed by atoms with Crippen LogP contribution in [0.1, 0.15) is 6.92 Å². The molecule has 1 rings (SSSR count). The summed E-state index contributed by atoms with van der Waals surface area (Å²) in [5.41, 5.74) is 0. The monoisotopic (exact) mass is 168 g/mol. The number of thiol groups is 1. The molecule has 0 N–H and O–H groups in total. The first-order chi connectivity index (χ1) is 5.14. The molecule has 0 amide bonds. The molecule has 1 nitrogen and oxygen atoms in total. The summed E-state index contributed by atoms with van der Waals surface area (Å²) in [6.07, 6.45) is 9.80. The Hall–Kier alpha value is -0.630. The summed E-state index contributed by atoms with van der Waals surface area (Å²) < 4.78 is 4.90. The molecule has 0 aromatic carbocycles. The Bertz CT molecular complexity index is 224. The van der Waals surface area contributed by atoms with Crippen LogP contribution in [0.2, 0.25) is 0 Å². The Morgan fingerprint density at radius 1 is 1.45 bits per heavy atom. The van der Waals surface area contributed by atoms with E-state index in [0.29, 0.717) is 0 Å². The first-order valence-corrected chi connectivity index (χ1v) is 3.94. The zero-order valence-electron chi connectivity index (χ0n) is 6.74. The Kier molecular flexibility index (Phi) is 2.45. The van der Waals surface area contributed by atoms with Crippen molar-refractivity contribution < 1.29 is 4.74 Å². The summed E-state index contributed by atoms with van der Waals surface area (Å²) in [4.78, 5) is 0. The topological polar surface area (TPSA) is 9.23 Å². The van der Waals surface area contributed by atoms with Gasteiger partial charge in [0.05, 0.1) is 7.11 Å². The molecular formula is C9H12OS. The van der Waals surface area contributed by atoms with Gasteiger partial charge in [0.2, 0.25) is 0 Å². The molecule has 0 aliphatic heterocycles. The zero-order valence-corrected chi connectivity index (χ0v) is 7.64. The number of rotatable bonds is 1. The van der Waals surface area contributed by atoms with Gasteiger partial charge in [-0.05, 0) is 19.1 Å². The van der Waals surface area contributed by atoms with Gasteiger partial charge in [-0.3, -0.25) is 0 Å². The molecule has 0 aromatic heterocycles. The van der Waals surface area contributed by atoms with Crippen molar-refractivity contribution in [2.45, 2.75) is 11.7 Å². The van der Waals surface area contributed by atoms with Crippen LogP contribution < -0.4 is 0 Å². The fourth-order valence-electron chi connectivity index (χ4n) is 0.836. The third kappa shape index (κ3) is 2.46. The molecule has 0 aromatic rings. The quantitative estimate of drug-likeness (QED) is 0.591. The number of allylic oxidation sites excluding steroid dienone is 3. The molecule has 0 saturated carbocycles. The van der Waals surface area contributed by atoms with Gasteiger partial charge in [0, 0.05) is 4.75 Å². The van der Waals surface area contributed by atoms with E-state index in [1.54, 1.807) is 7.11 Å². The van der Waals surface area contributed by atoms with Crippen LogP contribution in [-0.4, -0.2) is 11.9 Å². The van der Waals surface area contributed by atoms with Crippen molar-refractivity contribution in [1.29, 1.82) is 0 Å². The zero-order chi connectivity index (χ0) is 8.32. The second-order valence-corrected chi connectivity index (χ2v) is 3.66. The van der Waals surface area contributed by atoms with Crippen molar-refractivity contribution in [2.24, 2.45) is 0 Å². The molecule has 11 heavy (non-hydrogen) atoms. The molecule has 1 aliphatic carbocycles. The van der Waals surface area contributed by atoms with Crippen LogP contribution in [0.4, 0.5) is 0 Å². The molecule has 0 heterocycles. The van der Waals surface area contributed by atoms with Crippen molar-refractivity contribution in [3.05, 3.63) is 36.1 Å². The molecular weight excluding hydrogens is 156 g/mol. The number of ether oxygens (including phenoxy) is 1. The van der Waals surface area contributed by atoms with Crippen molar-refractivity contribution in [1.82, 2.24) is 0 Å². The van der Waals surface area contributed by atoms with Crippen LogP contribution in [0, 0.1) is 0 Å². The summed E-state index contributed by atoms with van der Waals surface area (Å²) in [7, 11) is 1.66. The summed E-state index contributed by atoms with van der Waals surface area (Å²) in [5, 5.41) is 0. The minimum absolute atomic E-state index is 0.156. The van der Waals surface area contributed by atoms with Crippen LogP contribution >= 0.6 is 12.6 Å². The summed E-state index contributed by atoms with van der Waals surface area (Å²) >= 11 is 4.40. The van der Waals surface area contributed by atoms with Gasteiger partial charge in [0.1, 0.15) is 5.76 Å². The molecule has 0 fully saturated rings. The third-order valence-electron chi connectivity index (χ3n) is 1.51. The molecule has 0 radical (unpaired) electrons. The van der Waals surface area contributed by atoms with E-state index in [1.165, 1.54) is 0 Å². The maximum absolute atomic E-state index is 5.05. The maximum Gasteiger partial charge on any atom is 0.118 e. The fraction of sp³-hybridized carbons (Fsp3) is 0.333. The summed E-state index contributed by atoms with van der Waals surface area (Å²) in [5.74, 6) is 0.860. The number of hydrogen-bond acceptors (Lipinski definition) is 2. The highest BCUT2D eigenvalue weighted by molar-refractivity contribution is 7.82. The van der Waals surface area contributed by atoms with E-state index in [1.807, 2.05) is 37.3 Å². The van der Waals surface area contributed by atoms with Crippen molar-refractivity contribution in [2.75, 3.05) is 7.11 Å². The Morgan fingerprint density at radius 2 is 2.18 bits per heavy atom. The maximum atomic E-state index is 5.05. The van der Waals surface area contributed by atoms with Crippen LogP contribution in [0.3, 0.4) is 0 Å². The molecule has 2 heteroatoms. The Morgan fingerprint density at radius 3 is 2.82 bits per heavy atom. The fourth-order valence-corrected chi connectivity index (χ4v) is 0.996. The second-order valence-electron chi connectivity index (χ2n) is 2.69. The second kappa shape index (κ2) is 3.18. The van der Waals surface area contributed by atoms with E-state index >= 15 is 0 Å². The van der Waals surface area contributed by atoms with Gasteiger partial charge >= 0.3 is 0 Å². The third-order valence-corrected chi connectivity index (χ3v) is 1.81. The molecule has 0 spiro atoms. The first kappa shape index (κ1) is 8.47. The highest BCUT2D eigenvalue weighted by atomic mass is 32.1. The minimum atomic E-state index is -0.156. The predicted molar refractivity (Wildman–Crippen MR) is 50.8 cm³/mol. The highest BCUT2D eigenvalue weighted by Gasteiger charge is 2.11. The van der Waals surface area contributed by atoms with Crippen molar-refractivity contribution >= 4 is 12.6 Å². The highest BCUT2D eigenvalue weighted by Crippen LogP contribution is 2.20. The van der Waals surface area contributed by atoms with Crippen LogP contribution in [-0.2, 0) is 4.74 Å². The van der Waals surface area contributed by atoms with Gasteiger partial charge in [-0.2, -0.15) is 12.6 Å². The molecule has 1 aliphatic rings. The minimum Gasteiger partial charge on any atom is -0.497 e. The normalized spacial score (nSPS) is 29.5. The van der Waals surface area contributed by atoms with Gasteiger partial charge < -0.3 is 4.74 Å². The molecule has 1 atom stereocenters. The van der Waals surface area contributed by atoms with Gasteiger partial charge in [0.15, 0.2) is 0 Å². The summed E-state index contributed by atoms with van der Waals surface area (Å²) in [6.45, 7) is 2.02. The SMILES string of the molecule is COC1=CC=CC(C)(S)C=C1. The lowest BCUT2D eigenvalue weighted by atomic mass is 10.1. The molecule has 60 valence electrons. The number of hydrogen-bond donors (Lipinski definition) is 1. The van der Waals surface area contributed by atoms with Gasteiger partial charge in [-0.1, -0.05) is 18.2 Å². The lowest BCUT2D eigenvalue weighted by Crippen LogP contribution is -2.06. The lowest BCUT2D eigenvalue weighted by molar-refractivity contribution is 0.307. The van der Waals surface area contributed by atoms with Crippen LogP contribution in [0.5, 0.6) is 0 Å². The van der Waals surface area contributed by atoms with Crippen molar-refractivity contribution in [3.8, 4) is 0 Å². The predicted octanol–water partition coefficient (Wildman–Crippen LogP) is 2.33. The van der Waals surface area contributed by atoms with E-state index in [9.17, 15) is 0 Å². The molecule has 0 saturated heterocycles. The standard InChI is InChI=1S/C9H12OS/c1-9(11)6-3-4-8(10-2)5-7-9/h3-7,11H,1-2H3. The van der Waals surface area contributed by atoms with Gasteiger partial charge in [-0.15, -0.1) is 0 Å². The number of methoxy groups -OCH3 is 1. The summed E-state index contributed by atoms with van der Waals surface area (Å²) in [6, 6.07) is 0. The largest absolute Gasteiger partial charge is 0.497 e. The van der Waals surface area contributed by atoms with Crippen LogP contribution in [0.25, 0.3) is 0 Å². The van der Waals surface area contributed by atoms with E-state index in [4.69, 9.17) is 4.74 Å². The van der Waals surface area contributed by atoms with E-state index in [-0.39, 0.29) is 4.75 Å². The Balaban J connectivity index is 2.83. The first-order valence-electron chi connectivity index (χ1n) is 3.49. The Labute approximate surface area is 72.9 Å². The van der Waals surface area contributed by atoms with Crippen LogP contribution in [0.15, 0.2) is 36.1 Å². The van der Waals surface area contributed by atoms with Gasteiger partial charge in [-0.25, -0.2) is 0 Å². The molecule has 1 unspecified atom stereocenters. The molecule has 0 bridgehead atoms. The smallest absolute Gasteiger partial charge is 0.118 e. The van der Waals surface area contributed by atoms with Crippen molar-refractivity contribution in [3.63, 3.8) is 0 Å². The van der Waals surface area contributed by atoms with Gasteiger partial charge in [0.25, 0.3) is 0 Å². The average molecular weight is 168 g/mol. The van der Waals surface area contributed by atoms with E-state index < -0.39 is 0 Å².